The van der Waals surface area contributed by atoms with Crippen LogP contribution < -0.4 is 5.32 Å². The van der Waals surface area contributed by atoms with E-state index < -0.39 is 0 Å². The quantitative estimate of drug-likeness (QED) is 0.929. The number of hydrogen-bond acceptors (Lipinski definition) is 2. The predicted octanol–water partition coefficient (Wildman–Crippen LogP) is 3.63. The lowest BCUT2D eigenvalue weighted by molar-refractivity contribution is 0.563. The molecule has 1 aromatic carbocycles. The summed E-state index contributed by atoms with van der Waals surface area (Å²) in [7, 11) is 1.93. The van der Waals surface area contributed by atoms with Crippen molar-refractivity contribution in [3.05, 3.63) is 51.2 Å². The second kappa shape index (κ2) is 5.87. The van der Waals surface area contributed by atoms with Crippen molar-refractivity contribution in [1.29, 1.82) is 0 Å². The van der Waals surface area contributed by atoms with Crippen molar-refractivity contribution in [2.24, 2.45) is 0 Å². The highest BCUT2D eigenvalue weighted by molar-refractivity contribution is 9.10. The molecule has 1 N–H and O–H groups in total. The zero-order valence-electron chi connectivity index (χ0n) is 10.3. The number of nitrogens with zero attached hydrogens (tertiary/aromatic N) is 2. The Bertz CT molecular complexity index is 539. The van der Waals surface area contributed by atoms with Crippen molar-refractivity contribution < 1.29 is 0 Å². The van der Waals surface area contributed by atoms with Crippen molar-refractivity contribution in [2.75, 3.05) is 7.05 Å². The highest BCUT2D eigenvalue weighted by Gasteiger charge is 2.18. The third-order valence-corrected chi connectivity index (χ3v) is 3.74. The van der Waals surface area contributed by atoms with Crippen molar-refractivity contribution in [3.63, 3.8) is 0 Å². The number of halogens is 2. The molecule has 2 aromatic rings. The van der Waals surface area contributed by atoms with E-state index in [0.29, 0.717) is 0 Å². The topological polar surface area (TPSA) is 29.9 Å². The van der Waals surface area contributed by atoms with Gasteiger partial charge >= 0.3 is 0 Å². The van der Waals surface area contributed by atoms with E-state index in [1.165, 1.54) is 0 Å². The fourth-order valence-electron chi connectivity index (χ4n) is 2.05. The first-order valence-corrected chi connectivity index (χ1v) is 6.98. The number of aromatic nitrogens is 2. The molecule has 0 saturated carbocycles. The maximum Gasteiger partial charge on any atom is 0.0760 e. The van der Waals surface area contributed by atoms with Gasteiger partial charge in [-0.25, -0.2) is 0 Å². The molecule has 0 spiro atoms. The average molecular weight is 329 g/mol. The summed E-state index contributed by atoms with van der Waals surface area (Å²) in [6.45, 7) is 2.91. The Morgan fingerprint density at radius 3 is 2.89 bits per heavy atom. The minimum Gasteiger partial charge on any atom is -0.308 e. The molecular weight excluding hydrogens is 314 g/mol. The first kappa shape index (κ1) is 13.6. The third-order valence-electron chi connectivity index (χ3n) is 2.90. The third kappa shape index (κ3) is 2.60. The van der Waals surface area contributed by atoms with Gasteiger partial charge in [-0.05, 0) is 43.8 Å². The summed E-state index contributed by atoms with van der Waals surface area (Å²) in [6, 6.07) is 7.93. The van der Waals surface area contributed by atoms with Crippen molar-refractivity contribution in [1.82, 2.24) is 15.1 Å². The van der Waals surface area contributed by atoms with Crippen LogP contribution in [0.5, 0.6) is 0 Å². The van der Waals surface area contributed by atoms with Crippen LogP contribution in [0.25, 0.3) is 0 Å². The lowest BCUT2D eigenvalue weighted by Crippen LogP contribution is -2.21. The van der Waals surface area contributed by atoms with Gasteiger partial charge in [-0.2, -0.15) is 5.10 Å². The fraction of sp³-hybridized carbons (Fsp3) is 0.308. The van der Waals surface area contributed by atoms with E-state index in [-0.39, 0.29) is 6.04 Å². The molecule has 1 aromatic heterocycles. The number of nitrogens with one attached hydrogen (secondary N) is 1. The van der Waals surface area contributed by atoms with E-state index in [1.807, 2.05) is 42.2 Å². The minimum absolute atomic E-state index is 0.0393. The Morgan fingerprint density at radius 2 is 2.22 bits per heavy atom. The van der Waals surface area contributed by atoms with Gasteiger partial charge in [0.2, 0.25) is 0 Å². The summed E-state index contributed by atoms with van der Waals surface area (Å²) in [4.78, 5) is 0. The van der Waals surface area contributed by atoms with Gasteiger partial charge in [-0.15, -0.1) is 0 Å². The minimum atomic E-state index is 0.0393. The maximum atomic E-state index is 6.29. The van der Waals surface area contributed by atoms with Crippen molar-refractivity contribution in [2.45, 2.75) is 19.5 Å². The molecule has 5 heteroatoms. The first-order valence-electron chi connectivity index (χ1n) is 5.81. The van der Waals surface area contributed by atoms with Crippen LogP contribution in [0.1, 0.15) is 24.2 Å². The molecule has 0 fully saturated rings. The molecule has 0 aliphatic carbocycles. The normalized spacial score (nSPS) is 12.7. The fourth-order valence-corrected chi connectivity index (χ4v) is 2.66. The van der Waals surface area contributed by atoms with Crippen molar-refractivity contribution in [3.8, 4) is 0 Å². The van der Waals surface area contributed by atoms with Crippen molar-refractivity contribution >= 4 is 27.5 Å². The van der Waals surface area contributed by atoms with Gasteiger partial charge < -0.3 is 5.32 Å². The second-order valence-corrected chi connectivity index (χ2v) is 5.28. The van der Waals surface area contributed by atoms with Gasteiger partial charge in [0.1, 0.15) is 0 Å². The molecule has 96 valence electrons. The van der Waals surface area contributed by atoms with Gasteiger partial charge in [0.05, 0.1) is 11.7 Å². The van der Waals surface area contributed by atoms with Crippen LogP contribution >= 0.6 is 27.5 Å². The Kier molecular flexibility index (Phi) is 4.43. The zero-order valence-corrected chi connectivity index (χ0v) is 12.7. The molecule has 0 amide bonds. The lowest BCUT2D eigenvalue weighted by Gasteiger charge is -2.19. The second-order valence-electron chi connectivity index (χ2n) is 3.96. The van der Waals surface area contributed by atoms with Crippen LogP contribution in [-0.2, 0) is 6.54 Å². The highest BCUT2D eigenvalue weighted by Crippen LogP contribution is 2.30. The number of hydrogen-bond donors (Lipinski definition) is 1. The number of benzene rings is 1. The van der Waals surface area contributed by atoms with E-state index in [9.17, 15) is 0 Å². The molecule has 0 radical (unpaired) electrons. The summed E-state index contributed by atoms with van der Waals surface area (Å²) in [5.41, 5.74) is 2.16. The highest BCUT2D eigenvalue weighted by atomic mass is 79.9. The molecule has 18 heavy (non-hydrogen) atoms. The molecule has 0 aliphatic rings. The summed E-state index contributed by atoms with van der Waals surface area (Å²) >= 11 is 9.78. The van der Waals surface area contributed by atoms with Crippen LogP contribution in [0.3, 0.4) is 0 Å². The summed E-state index contributed by atoms with van der Waals surface area (Å²) in [6.07, 6.45) is 1.81. The summed E-state index contributed by atoms with van der Waals surface area (Å²) < 4.78 is 2.99. The van der Waals surface area contributed by atoms with Gasteiger partial charge in [0.25, 0.3) is 0 Å². The largest absolute Gasteiger partial charge is 0.308 e. The lowest BCUT2D eigenvalue weighted by atomic mass is 10.0. The van der Waals surface area contributed by atoms with E-state index in [2.05, 4.69) is 33.3 Å². The molecule has 1 atom stereocenters. The van der Waals surface area contributed by atoms with Crippen LogP contribution in [0, 0.1) is 0 Å². The summed E-state index contributed by atoms with van der Waals surface area (Å²) in [5, 5.41) is 8.35. The SMILES string of the molecule is CCn1nccc1C(NC)c1cc(Br)ccc1Cl. The standard InChI is InChI=1S/C13H15BrClN3/c1-3-18-12(6-7-17-18)13(16-2)10-8-9(14)4-5-11(10)15/h4-8,13,16H,3H2,1-2H3. The zero-order chi connectivity index (χ0) is 13.1. The van der Waals surface area contributed by atoms with Crippen LogP contribution in [0.4, 0.5) is 0 Å². The Hall–Kier alpha value is -0.840. The summed E-state index contributed by atoms with van der Waals surface area (Å²) in [5.74, 6) is 0. The van der Waals surface area contributed by atoms with E-state index in [1.54, 1.807) is 0 Å². The molecule has 1 unspecified atom stereocenters. The average Bonchev–Trinajstić information content (AvgIpc) is 2.83. The van der Waals surface area contributed by atoms with E-state index >= 15 is 0 Å². The molecule has 0 saturated heterocycles. The van der Waals surface area contributed by atoms with Gasteiger partial charge in [0.15, 0.2) is 0 Å². The number of rotatable bonds is 4. The van der Waals surface area contributed by atoms with E-state index in [0.717, 1.165) is 27.3 Å². The first-order chi connectivity index (χ1) is 8.67. The van der Waals surface area contributed by atoms with Gasteiger partial charge in [-0.3, -0.25) is 4.68 Å². The van der Waals surface area contributed by atoms with Gasteiger partial charge in [0, 0.05) is 22.2 Å². The van der Waals surface area contributed by atoms with Gasteiger partial charge in [-0.1, -0.05) is 27.5 Å². The molecule has 2 rings (SSSR count). The number of aryl methyl sites for hydroxylation is 1. The Balaban J connectivity index is 2.48. The molecule has 3 nitrogen and oxygen atoms in total. The van der Waals surface area contributed by atoms with Crippen LogP contribution in [-0.4, -0.2) is 16.8 Å². The Labute approximate surface area is 120 Å². The molecule has 0 aliphatic heterocycles. The smallest absolute Gasteiger partial charge is 0.0760 e. The molecule has 0 bridgehead atoms. The Morgan fingerprint density at radius 1 is 1.44 bits per heavy atom. The van der Waals surface area contributed by atoms with E-state index in [4.69, 9.17) is 11.6 Å². The van der Waals surface area contributed by atoms with Crippen LogP contribution in [0.2, 0.25) is 5.02 Å². The van der Waals surface area contributed by atoms with Crippen LogP contribution in [0.15, 0.2) is 34.9 Å². The predicted molar refractivity (Wildman–Crippen MR) is 78.0 cm³/mol. The monoisotopic (exact) mass is 327 g/mol. The maximum absolute atomic E-state index is 6.29. The molecule has 1 heterocycles. The molecular formula is C13H15BrClN3.